The van der Waals surface area contributed by atoms with E-state index in [1.54, 1.807) is 0 Å². The van der Waals surface area contributed by atoms with Gasteiger partial charge in [-0.05, 0) is 20.9 Å². The molecule has 3 heteroatoms. The second-order valence-electron chi connectivity index (χ2n) is 3.24. The first kappa shape index (κ1) is 7.98. The van der Waals surface area contributed by atoms with Crippen LogP contribution in [0.3, 0.4) is 0 Å². The summed E-state index contributed by atoms with van der Waals surface area (Å²) in [5, 5.41) is 10.6. The van der Waals surface area contributed by atoms with Gasteiger partial charge in [-0.15, -0.1) is 0 Å². The highest BCUT2D eigenvalue weighted by Crippen LogP contribution is 2.10. The summed E-state index contributed by atoms with van der Waals surface area (Å²) in [5.41, 5.74) is 0. The van der Waals surface area contributed by atoms with Gasteiger partial charge in [-0.1, -0.05) is 0 Å². The molecule has 1 aliphatic heterocycles. The van der Waals surface area contributed by atoms with Crippen LogP contribution in [0.15, 0.2) is 0 Å². The third kappa shape index (κ3) is 1.48. The second-order valence-corrected chi connectivity index (χ2v) is 3.24. The fourth-order valence-corrected chi connectivity index (χ4v) is 1.38. The summed E-state index contributed by atoms with van der Waals surface area (Å²) >= 11 is 0. The number of likely N-dealkylation sites (N-methyl/N-ethyl adjacent to an activating group) is 1. The third-order valence-electron chi connectivity index (χ3n) is 2.34. The minimum Gasteiger partial charge on any atom is -0.314 e. The molecule has 1 heterocycles. The van der Waals surface area contributed by atoms with Crippen LogP contribution in [0.2, 0.25) is 0 Å². The van der Waals surface area contributed by atoms with Crippen LogP contribution < -0.4 is 0 Å². The Bertz CT molecular complexity index is 106. The van der Waals surface area contributed by atoms with Crippen LogP contribution in [0, 0.1) is 0 Å². The van der Waals surface area contributed by atoms with E-state index in [2.05, 4.69) is 25.8 Å². The van der Waals surface area contributed by atoms with Crippen LogP contribution in [-0.4, -0.2) is 47.4 Å². The smallest absolute Gasteiger partial charge is 0.0392 e. The zero-order valence-corrected chi connectivity index (χ0v) is 6.91. The summed E-state index contributed by atoms with van der Waals surface area (Å²) in [7, 11) is 2.10. The molecule has 3 nitrogen and oxygen atoms in total. The summed E-state index contributed by atoms with van der Waals surface area (Å²) in [6.07, 6.45) is 0. The van der Waals surface area contributed by atoms with Crippen LogP contribution in [0.5, 0.6) is 0 Å². The molecule has 1 aliphatic rings. The van der Waals surface area contributed by atoms with E-state index in [4.69, 9.17) is 0 Å². The van der Waals surface area contributed by atoms with Crippen molar-refractivity contribution >= 4 is 0 Å². The van der Waals surface area contributed by atoms with E-state index in [1.807, 2.05) is 0 Å². The van der Waals surface area contributed by atoms with Gasteiger partial charge in [0, 0.05) is 25.2 Å². The average Bonchev–Trinajstić information content (AvgIpc) is 1.82. The van der Waals surface area contributed by atoms with Gasteiger partial charge in [0.1, 0.15) is 0 Å². The van der Waals surface area contributed by atoms with E-state index in [9.17, 15) is 5.21 Å². The maximum Gasteiger partial charge on any atom is 0.0392 e. The van der Waals surface area contributed by atoms with Gasteiger partial charge >= 0.3 is 0 Å². The molecule has 60 valence electrons. The summed E-state index contributed by atoms with van der Waals surface area (Å²) in [6, 6.07) is 0.933. The Hall–Kier alpha value is -0.120. The highest BCUT2D eigenvalue weighted by molar-refractivity contribution is 4.78. The maximum atomic E-state index is 9.17. The molecular formula is C7H16N2O. The summed E-state index contributed by atoms with van der Waals surface area (Å²) in [5.74, 6) is 0. The molecule has 0 amide bonds. The Balaban J connectivity index is 2.49. The lowest BCUT2D eigenvalue weighted by Crippen LogP contribution is -2.53. The molecule has 1 saturated heterocycles. The molecule has 1 N–H and O–H groups in total. The number of hydroxylamine groups is 2. The van der Waals surface area contributed by atoms with Crippen molar-refractivity contribution in [3.8, 4) is 0 Å². The SMILES string of the molecule is C[C@@H]1CN(O)C[C@@H](C)N1C. The van der Waals surface area contributed by atoms with Crippen molar-refractivity contribution in [1.29, 1.82) is 0 Å². The highest BCUT2D eigenvalue weighted by atomic mass is 16.5. The third-order valence-corrected chi connectivity index (χ3v) is 2.34. The van der Waals surface area contributed by atoms with Crippen LogP contribution in [0.25, 0.3) is 0 Å². The fourth-order valence-electron chi connectivity index (χ4n) is 1.38. The van der Waals surface area contributed by atoms with Crippen LogP contribution in [0.4, 0.5) is 0 Å². The van der Waals surface area contributed by atoms with E-state index in [0.29, 0.717) is 12.1 Å². The standard InChI is InChI=1S/C7H16N2O/c1-6-4-9(10)5-7(2)8(6)3/h6-7,10H,4-5H2,1-3H3/t6-,7-/m1/s1. The van der Waals surface area contributed by atoms with Crippen molar-refractivity contribution in [2.75, 3.05) is 20.1 Å². The Morgan fingerprint density at radius 1 is 1.20 bits per heavy atom. The predicted octanol–water partition coefficient (Wildman–Crippen LogP) is 0.400. The Morgan fingerprint density at radius 2 is 1.60 bits per heavy atom. The molecule has 0 unspecified atom stereocenters. The molecular weight excluding hydrogens is 128 g/mol. The Labute approximate surface area is 62.2 Å². The molecule has 0 aromatic rings. The highest BCUT2D eigenvalue weighted by Gasteiger charge is 2.24. The van der Waals surface area contributed by atoms with Crippen molar-refractivity contribution in [3.63, 3.8) is 0 Å². The Kier molecular flexibility index (Phi) is 2.28. The largest absolute Gasteiger partial charge is 0.314 e. The molecule has 2 atom stereocenters. The fraction of sp³-hybridized carbons (Fsp3) is 1.00. The summed E-state index contributed by atoms with van der Waals surface area (Å²) < 4.78 is 0. The molecule has 0 bridgehead atoms. The Morgan fingerprint density at radius 3 is 2.00 bits per heavy atom. The number of rotatable bonds is 0. The minimum absolute atomic E-state index is 0.466. The van der Waals surface area contributed by atoms with Crippen molar-refractivity contribution < 1.29 is 5.21 Å². The van der Waals surface area contributed by atoms with Crippen molar-refractivity contribution in [1.82, 2.24) is 9.96 Å². The number of hydrogen-bond donors (Lipinski definition) is 1. The number of piperazine rings is 1. The van der Waals surface area contributed by atoms with Gasteiger partial charge in [-0.3, -0.25) is 4.90 Å². The molecule has 0 aromatic heterocycles. The molecule has 1 rings (SSSR count). The lowest BCUT2D eigenvalue weighted by atomic mass is 10.1. The van der Waals surface area contributed by atoms with Gasteiger partial charge in [0.05, 0.1) is 0 Å². The first-order valence-electron chi connectivity index (χ1n) is 3.77. The van der Waals surface area contributed by atoms with Crippen molar-refractivity contribution in [2.45, 2.75) is 25.9 Å². The molecule has 0 radical (unpaired) electrons. The quantitative estimate of drug-likeness (QED) is 0.533. The van der Waals surface area contributed by atoms with Gasteiger partial charge in [0.2, 0.25) is 0 Å². The predicted molar refractivity (Wildman–Crippen MR) is 40.0 cm³/mol. The topological polar surface area (TPSA) is 26.7 Å². The van der Waals surface area contributed by atoms with Gasteiger partial charge in [-0.2, -0.15) is 5.06 Å². The van der Waals surface area contributed by atoms with Crippen LogP contribution in [-0.2, 0) is 0 Å². The van der Waals surface area contributed by atoms with Crippen molar-refractivity contribution in [2.24, 2.45) is 0 Å². The lowest BCUT2D eigenvalue weighted by Gasteiger charge is -2.39. The van der Waals surface area contributed by atoms with E-state index in [-0.39, 0.29) is 0 Å². The molecule has 1 fully saturated rings. The second kappa shape index (κ2) is 2.86. The number of nitrogens with zero attached hydrogens (tertiary/aromatic N) is 2. The normalized spacial score (nSPS) is 38.4. The first-order valence-corrected chi connectivity index (χ1v) is 3.77. The molecule has 0 spiro atoms. The molecule has 0 aromatic carbocycles. The van der Waals surface area contributed by atoms with Crippen molar-refractivity contribution in [3.05, 3.63) is 0 Å². The molecule has 10 heavy (non-hydrogen) atoms. The van der Waals surface area contributed by atoms with Gasteiger partial charge < -0.3 is 5.21 Å². The number of hydrogen-bond acceptors (Lipinski definition) is 3. The van der Waals surface area contributed by atoms with Crippen LogP contribution in [0.1, 0.15) is 13.8 Å². The van der Waals surface area contributed by atoms with E-state index < -0.39 is 0 Å². The zero-order valence-electron chi connectivity index (χ0n) is 6.91. The minimum atomic E-state index is 0.466. The monoisotopic (exact) mass is 144 g/mol. The van der Waals surface area contributed by atoms with Gasteiger partial charge in [0.25, 0.3) is 0 Å². The summed E-state index contributed by atoms with van der Waals surface area (Å²) in [4.78, 5) is 2.28. The average molecular weight is 144 g/mol. The van der Waals surface area contributed by atoms with E-state index in [0.717, 1.165) is 13.1 Å². The molecule has 0 saturated carbocycles. The first-order chi connectivity index (χ1) is 4.61. The zero-order chi connectivity index (χ0) is 7.72. The lowest BCUT2D eigenvalue weighted by molar-refractivity contribution is -0.142. The van der Waals surface area contributed by atoms with Gasteiger partial charge in [0.15, 0.2) is 0 Å². The summed E-state index contributed by atoms with van der Waals surface area (Å²) in [6.45, 7) is 5.78. The van der Waals surface area contributed by atoms with E-state index in [1.165, 1.54) is 5.06 Å². The maximum absolute atomic E-state index is 9.17. The van der Waals surface area contributed by atoms with E-state index >= 15 is 0 Å². The van der Waals surface area contributed by atoms with Crippen LogP contribution >= 0.6 is 0 Å². The molecule has 0 aliphatic carbocycles. The van der Waals surface area contributed by atoms with Gasteiger partial charge in [-0.25, -0.2) is 0 Å².